The van der Waals surface area contributed by atoms with E-state index in [0.29, 0.717) is 16.8 Å². The number of carbonyl (C=O) groups excluding carboxylic acids is 1. The predicted molar refractivity (Wildman–Crippen MR) is 115 cm³/mol. The highest BCUT2D eigenvalue weighted by Gasteiger charge is 2.17. The van der Waals surface area contributed by atoms with Gasteiger partial charge < -0.3 is 5.32 Å². The topological polar surface area (TPSA) is 75.3 Å². The molecule has 1 atom stereocenters. The molecule has 0 saturated carbocycles. The molecule has 3 aromatic rings. The lowest BCUT2D eigenvalue weighted by Crippen LogP contribution is -2.26. The zero-order valence-corrected chi connectivity index (χ0v) is 17.8. The van der Waals surface area contributed by atoms with Gasteiger partial charge in [0.1, 0.15) is 5.82 Å². The van der Waals surface area contributed by atoms with E-state index in [1.165, 1.54) is 30.3 Å². The van der Waals surface area contributed by atoms with Gasteiger partial charge >= 0.3 is 0 Å². The number of carbonyl (C=O) groups is 1. The van der Waals surface area contributed by atoms with Crippen LogP contribution in [0, 0.1) is 19.7 Å². The number of benzene rings is 3. The van der Waals surface area contributed by atoms with E-state index < -0.39 is 10.0 Å². The molecule has 0 fully saturated rings. The minimum Gasteiger partial charge on any atom is -0.346 e. The number of sulfonamides is 1. The minimum absolute atomic E-state index is 0.146. The van der Waals surface area contributed by atoms with Crippen molar-refractivity contribution in [2.75, 3.05) is 4.72 Å². The second-order valence-corrected chi connectivity index (χ2v) is 8.88. The Bertz CT molecular complexity index is 1160. The summed E-state index contributed by atoms with van der Waals surface area (Å²) in [5.41, 5.74) is 3.05. The maximum absolute atomic E-state index is 13.1. The van der Waals surface area contributed by atoms with Gasteiger partial charge in [0.2, 0.25) is 0 Å². The summed E-state index contributed by atoms with van der Waals surface area (Å²) in [5, 5.41) is 2.84. The first-order chi connectivity index (χ1) is 14.2. The Morgan fingerprint density at radius 2 is 1.57 bits per heavy atom. The molecule has 0 spiro atoms. The van der Waals surface area contributed by atoms with Crippen molar-refractivity contribution in [2.24, 2.45) is 0 Å². The second kappa shape index (κ2) is 8.67. The summed E-state index contributed by atoms with van der Waals surface area (Å²) in [5.74, 6) is -0.705. The molecular formula is C23H23FN2O3S. The van der Waals surface area contributed by atoms with Gasteiger partial charge in [-0.05, 0) is 68.3 Å². The molecule has 30 heavy (non-hydrogen) atoms. The molecule has 0 aliphatic rings. The van der Waals surface area contributed by atoms with Gasteiger partial charge in [0.15, 0.2) is 0 Å². The summed E-state index contributed by atoms with van der Waals surface area (Å²) in [4.78, 5) is 12.8. The fourth-order valence-electron chi connectivity index (χ4n) is 2.91. The van der Waals surface area contributed by atoms with Gasteiger partial charge in [0, 0.05) is 5.56 Å². The molecule has 0 bridgehead atoms. The van der Waals surface area contributed by atoms with Crippen LogP contribution in [0.2, 0.25) is 0 Å². The van der Waals surface area contributed by atoms with Gasteiger partial charge in [0.25, 0.3) is 15.9 Å². The third-order valence-electron chi connectivity index (χ3n) is 4.79. The van der Waals surface area contributed by atoms with Crippen molar-refractivity contribution >= 4 is 21.6 Å². The summed E-state index contributed by atoms with van der Waals surface area (Å²) in [6.07, 6.45) is 0. The number of rotatable bonds is 6. The highest BCUT2D eigenvalue weighted by atomic mass is 32.2. The van der Waals surface area contributed by atoms with E-state index in [4.69, 9.17) is 0 Å². The third kappa shape index (κ3) is 5.04. The van der Waals surface area contributed by atoms with Gasteiger partial charge in [-0.15, -0.1) is 0 Å². The van der Waals surface area contributed by atoms with E-state index in [1.54, 1.807) is 50.2 Å². The van der Waals surface area contributed by atoms with Crippen molar-refractivity contribution in [3.05, 3.63) is 94.8 Å². The van der Waals surface area contributed by atoms with Crippen LogP contribution in [0.5, 0.6) is 0 Å². The number of halogens is 1. The first kappa shape index (κ1) is 21.5. The molecule has 0 aliphatic heterocycles. The predicted octanol–water partition coefficient (Wildman–Crippen LogP) is 4.73. The molecule has 0 radical (unpaired) electrons. The molecule has 3 aromatic carbocycles. The van der Waals surface area contributed by atoms with Crippen molar-refractivity contribution in [2.45, 2.75) is 31.7 Å². The van der Waals surface area contributed by atoms with Crippen LogP contribution in [0.3, 0.4) is 0 Å². The van der Waals surface area contributed by atoms with Crippen LogP contribution >= 0.6 is 0 Å². The molecule has 5 nitrogen and oxygen atoms in total. The lowest BCUT2D eigenvalue weighted by molar-refractivity contribution is 0.0940. The molecule has 7 heteroatoms. The van der Waals surface area contributed by atoms with E-state index in [1.807, 2.05) is 6.92 Å². The fraction of sp³-hybridized carbons (Fsp3) is 0.174. The summed E-state index contributed by atoms with van der Waals surface area (Å²) in [6, 6.07) is 16.9. The quantitative estimate of drug-likeness (QED) is 0.598. The molecule has 1 amide bonds. The molecule has 0 aliphatic carbocycles. The van der Waals surface area contributed by atoms with E-state index in [-0.39, 0.29) is 22.7 Å². The summed E-state index contributed by atoms with van der Waals surface area (Å²) in [7, 11) is -3.78. The van der Waals surface area contributed by atoms with Gasteiger partial charge in [-0.3, -0.25) is 9.52 Å². The van der Waals surface area contributed by atoms with E-state index in [0.717, 1.165) is 11.1 Å². The van der Waals surface area contributed by atoms with Gasteiger partial charge in [-0.2, -0.15) is 0 Å². The van der Waals surface area contributed by atoms with E-state index in [9.17, 15) is 17.6 Å². The number of hydrogen-bond acceptors (Lipinski definition) is 3. The summed E-state index contributed by atoms with van der Waals surface area (Å²) < 4.78 is 41.0. The van der Waals surface area contributed by atoms with Crippen LogP contribution in [0.4, 0.5) is 10.1 Å². The van der Waals surface area contributed by atoms with Gasteiger partial charge in [-0.25, -0.2) is 12.8 Å². The minimum atomic E-state index is -3.78. The Hall–Kier alpha value is -3.19. The Labute approximate surface area is 176 Å². The van der Waals surface area contributed by atoms with Gasteiger partial charge in [0.05, 0.1) is 16.6 Å². The van der Waals surface area contributed by atoms with Crippen molar-refractivity contribution in [1.82, 2.24) is 5.32 Å². The number of aryl methyl sites for hydroxylation is 2. The van der Waals surface area contributed by atoms with Crippen molar-refractivity contribution < 1.29 is 17.6 Å². The maximum atomic E-state index is 13.1. The van der Waals surface area contributed by atoms with Crippen molar-refractivity contribution in [1.29, 1.82) is 0 Å². The molecule has 0 heterocycles. The molecule has 0 aromatic heterocycles. The lowest BCUT2D eigenvalue weighted by atomic mass is 10.1. The van der Waals surface area contributed by atoms with Crippen LogP contribution in [0.25, 0.3) is 0 Å². The SMILES string of the molecule is Cc1ccc(S(=O)(=O)Nc2cc(C(=O)N[C@H](C)c3ccc(F)cc3)ccc2C)cc1. The Balaban J connectivity index is 1.79. The first-order valence-corrected chi connectivity index (χ1v) is 10.9. The van der Waals surface area contributed by atoms with Crippen LogP contribution in [-0.4, -0.2) is 14.3 Å². The number of nitrogens with one attached hydrogen (secondary N) is 2. The zero-order valence-electron chi connectivity index (χ0n) is 16.9. The lowest BCUT2D eigenvalue weighted by Gasteiger charge is -2.16. The van der Waals surface area contributed by atoms with Crippen LogP contribution in [0.1, 0.15) is 40.0 Å². The third-order valence-corrected chi connectivity index (χ3v) is 6.17. The van der Waals surface area contributed by atoms with E-state index >= 15 is 0 Å². The highest BCUT2D eigenvalue weighted by Crippen LogP contribution is 2.22. The average Bonchev–Trinajstić information content (AvgIpc) is 2.70. The van der Waals surface area contributed by atoms with Crippen LogP contribution < -0.4 is 10.0 Å². The van der Waals surface area contributed by atoms with Crippen LogP contribution in [0.15, 0.2) is 71.6 Å². The Morgan fingerprint density at radius 1 is 0.933 bits per heavy atom. The standard InChI is InChI=1S/C23H23FN2O3S/c1-15-4-12-21(13-5-15)30(28,29)26-22-14-19(7-6-16(22)2)23(27)25-17(3)18-8-10-20(24)11-9-18/h4-14,17,26H,1-3H3,(H,25,27)/t17-/m1/s1. The molecule has 0 saturated heterocycles. The molecule has 156 valence electrons. The zero-order chi connectivity index (χ0) is 21.9. The molecule has 2 N–H and O–H groups in total. The number of amides is 1. The second-order valence-electron chi connectivity index (χ2n) is 7.19. The summed E-state index contributed by atoms with van der Waals surface area (Å²) >= 11 is 0. The van der Waals surface area contributed by atoms with Crippen LogP contribution in [-0.2, 0) is 10.0 Å². The summed E-state index contributed by atoms with van der Waals surface area (Å²) in [6.45, 7) is 5.43. The maximum Gasteiger partial charge on any atom is 0.261 e. The van der Waals surface area contributed by atoms with Crippen molar-refractivity contribution in [3.63, 3.8) is 0 Å². The molecule has 0 unspecified atom stereocenters. The largest absolute Gasteiger partial charge is 0.346 e. The number of anilines is 1. The first-order valence-electron chi connectivity index (χ1n) is 9.42. The molecular weight excluding hydrogens is 403 g/mol. The highest BCUT2D eigenvalue weighted by molar-refractivity contribution is 7.92. The molecule has 3 rings (SSSR count). The fourth-order valence-corrected chi connectivity index (χ4v) is 4.03. The average molecular weight is 427 g/mol. The normalized spacial score (nSPS) is 12.3. The smallest absolute Gasteiger partial charge is 0.261 e. The number of hydrogen-bond donors (Lipinski definition) is 2. The van der Waals surface area contributed by atoms with E-state index in [2.05, 4.69) is 10.0 Å². The Kier molecular flexibility index (Phi) is 6.22. The Morgan fingerprint density at radius 3 is 2.20 bits per heavy atom. The monoisotopic (exact) mass is 426 g/mol. The van der Waals surface area contributed by atoms with Crippen molar-refractivity contribution in [3.8, 4) is 0 Å². The van der Waals surface area contributed by atoms with Gasteiger partial charge in [-0.1, -0.05) is 35.9 Å².